The highest BCUT2D eigenvalue weighted by atomic mass is 15.0. The molecule has 1 heterocycles. The second-order valence-corrected chi connectivity index (χ2v) is 3.58. The van der Waals surface area contributed by atoms with Crippen molar-refractivity contribution in [2.75, 3.05) is 0 Å². The predicted octanol–water partition coefficient (Wildman–Crippen LogP) is 3.11. The van der Waals surface area contributed by atoms with Gasteiger partial charge >= 0.3 is 0 Å². The van der Waals surface area contributed by atoms with Crippen LogP contribution in [0.3, 0.4) is 0 Å². The second-order valence-electron chi connectivity index (χ2n) is 3.58. The van der Waals surface area contributed by atoms with Crippen LogP contribution in [-0.2, 0) is 13.0 Å². The fourth-order valence-corrected chi connectivity index (χ4v) is 1.67. The number of nitriles is 1. The first-order valence-corrected chi connectivity index (χ1v) is 5.42. The zero-order valence-electron chi connectivity index (χ0n) is 9.08. The van der Waals surface area contributed by atoms with E-state index in [4.69, 9.17) is 5.26 Å². The first-order chi connectivity index (χ1) is 6.83. The van der Waals surface area contributed by atoms with Crippen LogP contribution in [0.5, 0.6) is 0 Å². The summed E-state index contributed by atoms with van der Waals surface area (Å²) in [6.45, 7) is 5.30. The highest BCUT2D eigenvalue weighted by Crippen LogP contribution is 2.12. The number of nitrogens with zero attached hydrogens (tertiary/aromatic N) is 2. The van der Waals surface area contributed by atoms with Crippen LogP contribution < -0.4 is 0 Å². The molecule has 14 heavy (non-hydrogen) atoms. The molecule has 0 saturated heterocycles. The van der Waals surface area contributed by atoms with Gasteiger partial charge in [-0.3, -0.25) is 0 Å². The largest absolute Gasteiger partial charge is 0.337 e. The quantitative estimate of drug-likeness (QED) is 0.701. The van der Waals surface area contributed by atoms with Crippen LogP contribution in [0, 0.1) is 11.3 Å². The van der Waals surface area contributed by atoms with Crippen molar-refractivity contribution in [3.63, 3.8) is 0 Å². The van der Waals surface area contributed by atoms with E-state index in [1.807, 2.05) is 6.07 Å². The average molecular weight is 190 g/mol. The van der Waals surface area contributed by atoms with E-state index in [0.717, 1.165) is 25.1 Å². The summed E-state index contributed by atoms with van der Waals surface area (Å²) >= 11 is 0. The zero-order chi connectivity index (χ0) is 10.4. The van der Waals surface area contributed by atoms with E-state index in [0.29, 0.717) is 0 Å². The summed E-state index contributed by atoms with van der Waals surface area (Å²) in [4.78, 5) is 0. The predicted molar refractivity (Wildman–Crippen MR) is 58.1 cm³/mol. The molecule has 1 aromatic heterocycles. The summed E-state index contributed by atoms with van der Waals surface area (Å²) in [5.74, 6) is 0. The third kappa shape index (κ3) is 2.38. The average Bonchev–Trinajstić information content (AvgIpc) is 2.58. The topological polar surface area (TPSA) is 28.7 Å². The molecule has 0 aliphatic carbocycles. The number of aromatic nitrogens is 1. The summed E-state index contributed by atoms with van der Waals surface area (Å²) in [7, 11) is 0. The van der Waals surface area contributed by atoms with Gasteiger partial charge in [-0.05, 0) is 31.4 Å². The van der Waals surface area contributed by atoms with Gasteiger partial charge < -0.3 is 4.57 Å². The third-order valence-corrected chi connectivity index (χ3v) is 2.42. The molecule has 0 amide bonds. The lowest BCUT2D eigenvalue weighted by Gasteiger charge is -2.08. The van der Waals surface area contributed by atoms with Gasteiger partial charge in [0.1, 0.15) is 11.8 Å². The zero-order valence-corrected chi connectivity index (χ0v) is 9.08. The van der Waals surface area contributed by atoms with Crippen molar-refractivity contribution in [2.24, 2.45) is 0 Å². The SMILES string of the molecule is CCCCc1ccc(C#N)n1CCC. The van der Waals surface area contributed by atoms with Gasteiger partial charge in [0.25, 0.3) is 0 Å². The van der Waals surface area contributed by atoms with Gasteiger partial charge in [0.2, 0.25) is 0 Å². The van der Waals surface area contributed by atoms with Crippen molar-refractivity contribution in [2.45, 2.75) is 46.1 Å². The Kier molecular flexibility index (Phi) is 4.25. The molecule has 2 heteroatoms. The Balaban J connectivity index is 2.82. The molecular weight excluding hydrogens is 172 g/mol. The Morgan fingerprint density at radius 3 is 2.64 bits per heavy atom. The molecule has 0 N–H and O–H groups in total. The number of rotatable bonds is 5. The Morgan fingerprint density at radius 2 is 2.07 bits per heavy atom. The second kappa shape index (κ2) is 5.49. The van der Waals surface area contributed by atoms with Crippen LogP contribution in [0.4, 0.5) is 0 Å². The molecule has 0 spiro atoms. The molecule has 1 rings (SSSR count). The molecule has 0 bridgehead atoms. The molecular formula is C12H18N2. The lowest BCUT2D eigenvalue weighted by Crippen LogP contribution is -2.04. The van der Waals surface area contributed by atoms with E-state index in [2.05, 4.69) is 30.6 Å². The number of hydrogen-bond donors (Lipinski definition) is 0. The van der Waals surface area contributed by atoms with Gasteiger partial charge in [0.15, 0.2) is 0 Å². The van der Waals surface area contributed by atoms with Crippen molar-refractivity contribution >= 4 is 0 Å². The molecule has 0 saturated carbocycles. The summed E-state index contributed by atoms with van der Waals surface area (Å²) < 4.78 is 2.15. The Hall–Kier alpha value is -1.23. The van der Waals surface area contributed by atoms with Gasteiger partial charge in [0, 0.05) is 12.2 Å². The van der Waals surface area contributed by atoms with Crippen molar-refractivity contribution in [1.82, 2.24) is 4.57 Å². The van der Waals surface area contributed by atoms with Crippen LogP contribution in [0.1, 0.15) is 44.5 Å². The Labute approximate surface area is 86.2 Å². The Morgan fingerprint density at radius 1 is 1.29 bits per heavy atom. The van der Waals surface area contributed by atoms with Crippen molar-refractivity contribution in [1.29, 1.82) is 5.26 Å². The summed E-state index contributed by atoms with van der Waals surface area (Å²) in [6, 6.07) is 6.26. The normalized spacial score (nSPS) is 10.1. The maximum Gasteiger partial charge on any atom is 0.120 e. The van der Waals surface area contributed by atoms with Gasteiger partial charge in [-0.2, -0.15) is 5.26 Å². The molecule has 0 aliphatic rings. The first kappa shape index (κ1) is 10.8. The van der Waals surface area contributed by atoms with E-state index < -0.39 is 0 Å². The van der Waals surface area contributed by atoms with Gasteiger partial charge in [-0.15, -0.1) is 0 Å². The monoisotopic (exact) mass is 190 g/mol. The molecule has 2 nitrogen and oxygen atoms in total. The maximum atomic E-state index is 8.91. The van der Waals surface area contributed by atoms with Gasteiger partial charge in [0.05, 0.1) is 0 Å². The summed E-state index contributed by atoms with van der Waals surface area (Å²) in [5, 5.41) is 8.91. The molecule has 0 fully saturated rings. The molecule has 0 unspecified atom stereocenters. The summed E-state index contributed by atoms with van der Waals surface area (Å²) in [5.41, 5.74) is 2.11. The van der Waals surface area contributed by atoms with E-state index in [-0.39, 0.29) is 0 Å². The van der Waals surface area contributed by atoms with Crippen LogP contribution in [0.2, 0.25) is 0 Å². The molecule has 0 aromatic carbocycles. The van der Waals surface area contributed by atoms with Crippen LogP contribution >= 0.6 is 0 Å². The van der Waals surface area contributed by atoms with Crippen LogP contribution in [-0.4, -0.2) is 4.57 Å². The van der Waals surface area contributed by atoms with Crippen molar-refractivity contribution in [3.8, 4) is 6.07 Å². The smallest absolute Gasteiger partial charge is 0.120 e. The number of aryl methyl sites for hydroxylation is 1. The van der Waals surface area contributed by atoms with Crippen LogP contribution in [0.15, 0.2) is 12.1 Å². The third-order valence-electron chi connectivity index (χ3n) is 2.42. The highest BCUT2D eigenvalue weighted by molar-refractivity contribution is 5.27. The van der Waals surface area contributed by atoms with E-state index in [9.17, 15) is 0 Å². The van der Waals surface area contributed by atoms with Crippen molar-refractivity contribution < 1.29 is 0 Å². The maximum absolute atomic E-state index is 8.91. The van der Waals surface area contributed by atoms with E-state index >= 15 is 0 Å². The minimum absolute atomic E-state index is 0.804. The lowest BCUT2D eigenvalue weighted by molar-refractivity contribution is 0.627. The molecule has 0 radical (unpaired) electrons. The van der Waals surface area contributed by atoms with E-state index in [1.54, 1.807) is 0 Å². The highest BCUT2D eigenvalue weighted by Gasteiger charge is 2.05. The molecule has 1 aromatic rings. The molecule has 0 aliphatic heterocycles. The molecule has 76 valence electrons. The minimum Gasteiger partial charge on any atom is -0.337 e. The fraction of sp³-hybridized carbons (Fsp3) is 0.583. The van der Waals surface area contributed by atoms with Gasteiger partial charge in [-0.25, -0.2) is 0 Å². The van der Waals surface area contributed by atoms with Crippen LogP contribution in [0.25, 0.3) is 0 Å². The first-order valence-electron chi connectivity index (χ1n) is 5.42. The number of unbranched alkanes of at least 4 members (excludes halogenated alkanes) is 1. The van der Waals surface area contributed by atoms with Gasteiger partial charge in [-0.1, -0.05) is 20.3 Å². The lowest BCUT2D eigenvalue weighted by atomic mass is 10.2. The standard InChI is InChI=1S/C12H18N2/c1-3-5-6-11-7-8-12(10-13)14(11)9-4-2/h7-8H,3-6,9H2,1-2H3. The minimum atomic E-state index is 0.804. The summed E-state index contributed by atoms with van der Waals surface area (Å²) in [6.07, 6.45) is 4.60. The fourth-order valence-electron chi connectivity index (χ4n) is 1.67. The number of hydrogen-bond acceptors (Lipinski definition) is 1. The Bertz CT molecular complexity index is 318. The van der Waals surface area contributed by atoms with Crippen molar-refractivity contribution in [3.05, 3.63) is 23.5 Å². The van der Waals surface area contributed by atoms with E-state index in [1.165, 1.54) is 18.5 Å². The molecule has 0 atom stereocenters.